The first-order valence-corrected chi connectivity index (χ1v) is 6.99. The molecule has 1 aromatic rings. The molecule has 1 saturated heterocycles. The summed E-state index contributed by atoms with van der Waals surface area (Å²) in [6, 6.07) is 0. The summed E-state index contributed by atoms with van der Waals surface area (Å²) < 4.78 is 4.93. The lowest BCUT2D eigenvalue weighted by atomic mass is 9.93. The highest BCUT2D eigenvalue weighted by Crippen LogP contribution is 2.26. The highest BCUT2D eigenvalue weighted by molar-refractivity contribution is 5.93. The van der Waals surface area contributed by atoms with Crippen molar-refractivity contribution in [3.63, 3.8) is 0 Å². The fourth-order valence-corrected chi connectivity index (χ4v) is 2.56. The number of rotatable bonds is 5. The summed E-state index contributed by atoms with van der Waals surface area (Å²) in [5, 5.41) is 2.81. The van der Waals surface area contributed by atoms with Crippen molar-refractivity contribution in [1.82, 2.24) is 20.2 Å². The van der Waals surface area contributed by atoms with Gasteiger partial charge in [0.05, 0.1) is 12.3 Å². The molecule has 1 unspecified atom stereocenters. The Morgan fingerprint density at radius 1 is 1.50 bits per heavy atom. The number of likely N-dealkylation sites (tertiary alicyclic amines) is 1. The van der Waals surface area contributed by atoms with Crippen LogP contribution in [0.15, 0.2) is 12.4 Å². The number of likely N-dealkylation sites (N-methyl/N-ethyl adjacent to an activating group) is 1. The van der Waals surface area contributed by atoms with E-state index in [0.717, 1.165) is 31.6 Å². The van der Waals surface area contributed by atoms with Gasteiger partial charge in [-0.15, -0.1) is 0 Å². The average Bonchev–Trinajstić information content (AvgIpc) is 2.47. The minimum atomic E-state index is -0.168. The van der Waals surface area contributed by atoms with Gasteiger partial charge in [0, 0.05) is 38.5 Å². The summed E-state index contributed by atoms with van der Waals surface area (Å²) in [5.74, 6) is 0.115. The first-order chi connectivity index (χ1) is 9.72. The fraction of sp³-hybridized carbons (Fsp3) is 0.643. The number of piperidine rings is 1. The van der Waals surface area contributed by atoms with E-state index >= 15 is 0 Å². The van der Waals surface area contributed by atoms with Crippen LogP contribution in [0.2, 0.25) is 0 Å². The van der Waals surface area contributed by atoms with Crippen LogP contribution >= 0.6 is 0 Å². The molecule has 1 N–H and O–H groups in total. The zero-order chi connectivity index (χ0) is 14.4. The van der Waals surface area contributed by atoms with E-state index in [1.54, 1.807) is 19.5 Å². The van der Waals surface area contributed by atoms with Gasteiger partial charge in [0.15, 0.2) is 0 Å². The number of hydrogen-bond donors (Lipinski definition) is 1. The molecule has 20 heavy (non-hydrogen) atoms. The number of amides is 1. The Balaban J connectivity index is 2.11. The van der Waals surface area contributed by atoms with Gasteiger partial charge >= 0.3 is 0 Å². The molecule has 1 aromatic heterocycles. The van der Waals surface area contributed by atoms with E-state index in [0.29, 0.717) is 18.8 Å². The van der Waals surface area contributed by atoms with E-state index < -0.39 is 0 Å². The third-order valence-corrected chi connectivity index (χ3v) is 3.54. The maximum Gasteiger partial charge on any atom is 0.271 e. The van der Waals surface area contributed by atoms with E-state index in [1.807, 2.05) is 0 Å². The van der Waals surface area contributed by atoms with Gasteiger partial charge < -0.3 is 15.0 Å². The van der Waals surface area contributed by atoms with Crippen molar-refractivity contribution in [2.24, 2.45) is 0 Å². The fourth-order valence-electron chi connectivity index (χ4n) is 2.56. The minimum absolute atomic E-state index is 0.168. The topological polar surface area (TPSA) is 67.3 Å². The van der Waals surface area contributed by atoms with Crippen LogP contribution in [0.5, 0.6) is 0 Å². The molecule has 6 nitrogen and oxygen atoms in total. The maximum absolute atomic E-state index is 12.2. The summed E-state index contributed by atoms with van der Waals surface area (Å²) in [6.45, 7) is 3.01. The number of nitrogens with zero attached hydrogens (tertiary/aromatic N) is 3. The molecule has 1 aliphatic heterocycles. The lowest BCUT2D eigenvalue weighted by Gasteiger charge is -2.29. The van der Waals surface area contributed by atoms with E-state index in [9.17, 15) is 4.79 Å². The third kappa shape index (κ3) is 3.74. The van der Waals surface area contributed by atoms with Crippen molar-refractivity contribution < 1.29 is 9.53 Å². The summed E-state index contributed by atoms with van der Waals surface area (Å²) in [5.41, 5.74) is 1.26. The molecule has 110 valence electrons. The van der Waals surface area contributed by atoms with Crippen LogP contribution < -0.4 is 5.32 Å². The van der Waals surface area contributed by atoms with Crippen LogP contribution in [-0.2, 0) is 4.74 Å². The number of carbonyl (C=O) groups excluding carboxylic acids is 1. The van der Waals surface area contributed by atoms with Gasteiger partial charge in [0.25, 0.3) is 5.91 Å². The number of carbonyl (C=O) groups is 1. The van der Waals surface area contributed by atoms with E-state index in [-0.39, 0.29) is 11.8 Å². The Kier molecular flexibility index (Phi) is 5.43. The lowest BCUT2D eigenvalue weighted by molar-refractivity contribution is 0.0929. The Labute approximate surface area is 119 Å². The van der Waals surface area contributed by atoms with Crippen molar-refractivity contribution in [2.75, 3.05) is 40.4 Å². The first-order valence-electron chi connectivity index (χ1n) is 6.99. The van der Waals surface area contributed by atoms with Gasteiger partial charge in [-0.05, 0) is 26.4 Å². The Morgan fingerprint density at radius 2 is 2.30 bits per heavy atom. The number of nitrogens with one attached hydrogen (secondary N) is 1. The zero-order valence-corrected chi connectivity index (χ0v) is 12.1. The molecule has 0 aliphatic carbocycles. The Morgan fingerprint density at radius 3 is 3.05 bits per heavy atom. The van der Waals surface area contributed by atoms with Gasteiger partial charge in [-0.2, -0.15) is 0 Å². The van der Waals surface area contributed by atoms with Crippen molar-refractivity contribution in [1.29, 1.82) is 0 Å². The van der Waals surface area contributed by atoms with Crippen LogP contribution in [0.4, 0.5) is 0 Å². The van der Waals surface area contributed by atoms with Crippen molar-refractivity contribution in [3.05, 3.63) is 23.8 Å². The normalized spacial score (nSPS) is 19.8. The number of ether oxygens (including phenoxy) is 1. The molecule has 0 aromatic carbocycles. The Hall–Kier alpha value is -1.53. The number of hydrogen-bond acceptors (Lipinski definition) is 5. The summed E-state index contributed by atoms with van der Waals surface area (Å²) in [7, 11) is 3.71. The van der Waals surface area contributed by atoms with Gasteiger partial charge in [-0.3, -0.25) is 9.78 Å². The molecular formula is C14H22N4O2. The molecule has 6 heteroatoms. The Bertz CT molecular complexity index is 453. The largest absolute Gasteiger partial charge is 0.383 e. The van der Waals surface area contributed by atoms with E-state index in [2.05, 4.69) is 27.2 Å². The molecule has 2 heterocycles. The van der Waals surface area contributed by atoms with Crippen LogP contribution in [0.25, 0.3) is 0 Å². The van der Waals surface area contributed by atoms with Crippen molar-refractivity contribution in [2.45, 2.75) is 18.8 Å². The van der Waals surface area contributed by atoms with Crippen molar-refractivity contribution >= 4 is 5.91 Å². The molecular weight excluding hydrogens is 256 g/mol. The van der Waals surface area contributed by atoms with Crippen LogP contribution in [0.3, 0.4) is 0 Å². The van der Waals surface area contributed by atoms with Gasteiger partial charge in [-0.1, -0.05) is 0 Å². The second-order valence-electron chi connectivity index (χ2n) is 5.14. The van der Waals surface area contributed by atoms with E-state index in [4.69, 9.17) is 4.74 Å². The average molecular weight is 278 g/mol. The minimum Gasteiger partial charge on any atom is -0.383 e. The molecule has 2 rings (SSSR count). The monoisotopic (exact) mass is 278 g/mol. The zero-order valence-electron chi connectivity index (χ0n) is 12.1. The van der Waals surface area contributed by atoms with Gasteiger partial charge in [-0.25, -0.2) is 4.98 Å². The highest BCUT2D eigenvalue weighted by atomic mass is 16.5. The second-order valence-corrected chi connectivity index (χ2v) is 5.14. The summed E-state index contributed by atoms with van der Waals surface area (Å²) >= 11 is 0. The van der Waals surface area contributed by atoms with Gasteiger partial charge in [0.1, 0.15) is 5.69 Å². The first kappa shape index (κ1) is 14.9. The van der Waals surface area contributed by atoms with Crippen LogP contribution in [0, 0.1) is 0 Å². The van der Waals surface area contributed by atoms with Crippen molar-refractivity contribution in [3.8, 4) is 0 Å². The number of methoxy groups -OCH3 is 1. The number of aromatic nitrogens is 2. The molecule has 1 atom stereocenters. The molecule has 0 spiro atoms. The summed E-state index contributed by atoms with van der Waals surface area (Å²) in [4.78, 5) is 23.1. The van der Waals surface area contributed by atoms with Gasteiger partial charge in [0.2, 0.25) is 0 Å². The molecule has 1 amide bonds. The molecule has 0 bridgehead atoms. The smallest absolute Gasteiger partial charge is 0.271 e. The predicted octanol–water partition coefficient (Wildman–Crippen LogP) is 0.662. The molecule has 1 aliphatic rings. The molecule has 0 radical (unpaired) electrons. The molecule has 0 saturated carbocycles. The maximum atomic E-state index is 12.2. The van der Waals surface area contributed by atoms with Crippen LogP contribution in [0.1, 0.15) is 34.9 Å². The molecule has 1 fully saturated rings. The van der Waals surface area contributed by atoms with E-state index in [1.165, 1.54) is 0 Å². The van der Waals surface area contributed by atoms with Crippen LogP contribution in [-0.4, -0.2) is 61.2 Å². The standard InChI is InChI=1S/C14H22N4O2/c1-18-8-3-4-11(10-18)12-13(16-6-5-15-12)14(19)17-7-9-20-2/h5-6,11H,3-4,7-10H2,1-2H3,(H,17,19). The highest BCUT2D eigenvalue weighted by Gasteiger charge is 2.25. The summed E-state index contributed by atoms with van der Waals surface area (Å²) in [6.07, 6.45) is 5.42. The SMILES string of the molecule is COCCNC(=O)c1nccnc1C1CCCN(C)C1. The third-order valence-electron chi connectivity index (χ3n) is 3.54. The lowest BCUT2D eigenvalue weighted by Crippen LogP contribution is -2.34. The second kappa shape index (κ2) is 7.31. The predicted molar refractivity (Wildman–Crippen MR) is 75.7 cm³/mol. The quantitative estimate of drug-likeness (QED) is 0.802.